The van der Waals surface area contributed by atoms with Crippen LogP contribution in [0.4, 0.5) is 23.1 Å². The number of benzene rings is 2. The van der Waals surface area contributed by atoms with Crippen molar-refractivity contribution in [3.05, 3.63) is 65.9 Å². The van der Waals surface area contributed by atoms with Crippen molar-refractivity contribution in [2.75, 3.05) is 17.2 Å². The SMILES string of the molecule is CCOC(=O)c1ccccc1Nc1cnnc(Nc2ccccc2C)n1. The first-order valence-electron chi connectivity index (χ1n) is 8.23. The van der Waals surface area contributed by atoms with Gasteiger partial charge in [0.1, 0.15) is 0 Å². The highest BCUT2D eigenvalue weighted by atomic mass is 16.5. The average Bonchev–Trinajstić information content (AvgIpc) is 2.65. The highest BCUT2D eigenvalue weighted by molar-refractivity contribution is 5.96. The van der Waals surface area contributed by atoms with Crippen LogP contribution in [0.25, 0.3) is 0 Å². The molecule has 0 aliphatic heterocycles. The molecule has 0 unspecified atom stereocenters. The normalized spacial score (nSPS) is 10.2. The average molecular weight is 349 g/mol. The van der Waals surface area contributed by atoms with Gasteiger partial charge in [0.25, 0.3) is 0 Å². The molecule has 3 rings (SSSR count). The van der Waals surface area contributed by atoms with E-state index in [0.29, 0.717) is 29.6 Å². The number of esters is 1. The van der Waals surface area contributed by atoms with Gasteiger partial charge in [-0.15, -0.1) is 5.10 Å². The number of aryl methyl sites for hydroxylation is 1. The lowest BCUT2D eigenvalue weighted by atomic mass is 10.2. The van der Waals surface area contributed by atoms with Crippen LogP contribution in [0.15, 0.2) is 54.7 Å². The number of anilines is 4. The molecule has 0 bridgehead atoms. The smallest absolute Gasteiger partial charge is 0.340 e. The van der Waals surface area contributed by atoms with Gasteiger partial charge < -0.3 is 15.4 Å². The van der Waals surface area contributed by atoms with Gasteiger partial charge in [-0.05, 0) is 37.6 Å². The van der Waals surface area contributed by atoms with Gasteiger partial charge in [0.15, 0.2) is 5.82 Å². The Bertz CT molecular complexity index is 914. The molecule has 7 heteroatoms. The van der Waals surface area contributed by atoms with Crippen LogP contribution >= 0.6 is 0 Å². The Kier molecular flexibility index (Phi) is 5.38. The lowest BCUT2D eigenvalue weighted by Crippen LogP contribution is -2.09. The van der Waals surface area contributed by atoms with E-state index in [-0.39, 0.29) is 0 Å². The Morgan fingerprint density at radius 3 is 2.54 bits per heavy atom. The van der Waals surface area contributed by atoms with Crippen molar-refractivity contribution in [3.8, 4) is 0 Å². The number of aromatic nitrogens is 3. The summed E-state index contributed by atoms with van der Waals surface area (Å²) in [6.45, 7) is 4.08. The molecule has 1 heterocycles. The van der Waals surface area contributed by atoms with Gasteiger partial charge in [-0.25, -0.2) is 4.79 Å². The number of nitrogens with one attached hydrogen (secondary N) is 2. The summed E-state index contributed by atoms with van der Waals surface area (Å²) in [6, 6.07) is 14.9. The number of carbonyl (C=O) groups excluding carboxylic acids is 1. The molecule has 0 saturated heterocycles. The molecule has 0 spiro atoms. The number of para-hydroxylation sites is 2. The maximum atomic E-state index is 12.1. The van der Waals surface area contributed by atoms with Crippen molar-refractivity contribution in [2.45, 2.75) is 13.8 Å². The van der Waals surface area contributed by atoms with Crippen molar-refractivity contribution >= 4 is 29.1 Å². The van der Waals surface area contributed by atoms with Gasteiger partial charge in [0.2, 0.25) is 5.95 Å². The number of rotatable bonds is 6. The molecule has 0 radical (unpaired) electrons. The minimum absolute atomic E-state index is 0.312. The van der Waals surface area contributed by atoms with Gasteiger partial charge in [-0.2, -0.15) is 10.1 Å². The Labute approximate surface area is 151 Å². The second-order valence-corrected chi connectivity index (χ2v) is 5.50. The molecule has 0 fully saturated rings. The number of hydrogen-bond acceptors (Lipinski definition) is 7. The molecule has 1 aromatic heterocycles. The third-order valence-corrected chi connectivity index (χ3v) is 3.64. The van der Waals surface area contributed by atoms with Gasteiger partial charge >= 0.3 is 5.97 Å². The van der Waals surface area contributed by atoms with E-state index in [0.717, 1.165) is 11.3 Å². The van der Waals surface area contributed by atoms with E-state index in [1.165, 1.54) is 6.20 Å². The van der Waals surface area contributed by atoms with Crippen LogP contribution in [0.3, 0.4) is 0 Å². The fourth-order valence-corrected chi connectivity index (χ4v) is 2.37. The van der Waals surface area contributed by atoms with Crippen molar-refractivity contribution in [1.82, 2.24) is 15.2 Å². The summed E-state index contributed by atoms with van der Waals surface area (Å²) in [6.07, 6.45) is 1.49. The Morgan fingerprint density at radius 2 is 1.77 bits per heavy atom. The second kappa shape index (κ2) is 8.06. The maximum Gasteiger partial charge on any atom is 0.340 e. The Hall–Kier alpha value is -3.48. The molecular formula is C19H19N5O2. The van der Waals surface area contributed by atoms with Gasteiger partial charge in [0.05, 0.1) is 24.1 Å². The van der Waals surface area contributed by atoms with Gasteiger partial charge in [0, 0.05) is 5.69 Å². The quantitative estimate of drug-likeness (QED) is 0.653. The molecule has 0 aliphatic carbocycles. The first-order chi connectivity index (χ1) is 12.7. The summed E-state index contributed by atoms with van der Waals surface area (Å²) in [5, 5.41) is 14.2. The van der Waals surface area contributed by atoms with E-state index >= 15 is 0 Å². The number of nitrogens with zero attached hydrogens (tertiary/aromatic N) is 3. The molecule has 0 amide bonds. The third kappa shape index (κ3) is 4.13. The first kappa shape index (κ1) is 17.3. The third-order valence-electron chi connectivity index (χ3n) is 3.64. The topological polar surface area (TPSA) is 89.0 Å². The lowest BCUT2D eigenvalue weighted by molar-refractivity contribution is 0.0527. The summed E-state index contributed by atoms with van der Waals surface area (Å²) in [5.74, 6) is 0.432. The summed E-state index contributed by atoms with van der Waals surface area (Å²) in [7, 11) is 0. The molecule has 0 aliphatic rings. The van der Waals surface area contributed by atoms with E-state index in [1.807, 2.05) is 37.3 Å². The molecule has 7 nitrogen and oxygen atoms in total. The van der Waals surface area contributed by atoms with E-state index in [4.69, 9.17) is 4.74 Å². The highest BCUT2D eigenvalue weighted by Gasteiger charge is 2.13. The summed E-state index contributed by atoms with van der Waals surface area (Å²) in [5.41, 5.74) is 3.00. The monoisotopic (exact) mass is 349 g/mol. The van der Waals surface area contributed by atoms with Crippen LogP contribution in [0, 0.1) is 6.92 Å². The summed E-state index contributed by atoms with van der Waals surface area (Å²) < 4.78 is 5.08. The fourth-order valence-electron chi connectivity index (χ4n) is 2.37. The van der Waals surface area contributed by atoms with Crippen LogP contribution in [0.2, 0.25) is 0 Å². The molecular weight excluding hydrogens is 330 g/mol. The molecule has 26 heavy (non-hydrogen) atoms. The predicted octanol–water partition coefficient (Wildman–Crippen LogP) is 3.84. The molecule has 2 aromatic carbocycles. The predicted molar refractivity (Wildman–Crippen MR) is 100.0 cm³/mol. The Balaban J connectivity index is 1.82. The standard InChI is InChI=1S/C19H19N5O2/c1-3-26-18(25)14-9-5-7-11-16(14)21-17-12-20-24-19(23-17)22-15-10-6-4-8-13(15)2/h4-12H,3H2,1-2H3,(H2,21,22,23,24). The summed E-state index contributed by atoms with van der Waals surface area (Å²) >= 11 is 0. The van der Waals surface area contributed by atoms with Gasteiger partial charge in [-0.3, -0.25) is 0 Å². The minimum atomic E-state index is -0.393. The molecule has 3 aromatic rings. The Morgan fingerprint density at radius 1 is 1.04 bits per heavy atom. The van der Waals surface area contributed by atoms with Crippen LogP contribution < -0.4 is 10.6 Å². The molecule has 0 atom stereocenters. The molecule has 2 N–H and O–H groups in total. The molecule has 132 valence electrons. The fraction of sp³-hybridized carbons (Fsp3) is 0.158. The van der Waals surface area contributed by atoms with Crippen molar-refractivity contribution < 1.29 is 9.53 Å². The number of ether oxygens (including phenoxy) is 1. The van der Waals surface area contributed by atoms with Gasteiger partial charge in [-0.1, -0.05) is 30.3 Å². The maximum absolute atomic E-state index is 12.1. The van der Waals surface area contributed by atoms with E-state index in [2.05, 4.69) is 25.8 Å². The summed E-state index contributed by atoms with van der Waals surface area (Å²) in [4.78, 5) is 16.5. The van der Waals surface area contributed by atoms with E-state index in [9.17, 15) is 4.79 Å². The zero-order valence-electron chi connectivity index (χ0n) is 14.6. The van der Waals surface area contributed by atoms with E-state index in [1.54, 1.807) is 25.1 Å². The number of hydrogen-bond donors (Lipinski definition) is 2. The second-order valence-electron chi connectivity index (χ2n) is 5.50. The van der Waals surface area contributed by atoms with Crippen LogP contribution in [-0.4, -0.2) is 27.8 Å². The van der Waals surface area contributed by atoms with Crippen molar-refractivity contribution in [3.63, 3.8) is 0 Å². The van der Waals surface area contributed by atoms with Crippen LogP contribution in [0.1, 0.15) is 22.8 Å². The highest BCUT2D eigenvalue weighted by Crippen LogP contribution is 2.22. The van der Waals surface area contributed by atoms with Crippen molar-refractivity contribution in [1.29, 1.82) is 0 Å². The first-order valence-corrected chi connectivity index (χ1v) is 8.23. The van der Waals surface area contributed by atoms with E-state index < -0.39 is 5.97 Å². The zero-order chi connectivity index (χ0) is 18.4. The largest absolute Gasteiger partial charge is 0.462 e. The van der Waals surface area contributed by atoms with Crippen molar-refractivity contribution in [2.24, 2.45) is 0 Å². The number of carbonyl (C=O) groups is 1. The van der Waals surface area contributed by atoms with Crippen LogP contribution in [0.5, 0.6) is 0 Å². The minimum Gasteiger partial charge on any atom is -0.462 e. The zero-order valence-corrected chi connectivity index (χ0v) is 14.6. The molecule has 0 saturated carbocycles. The van der Waals surface area contributed by atoms with Crippen LogP contribution in [-0.2, 0) is 4.74 Å². The lowest BCUT2D eigenvalue weighted by Gasteiger charge is -2.11.